The van der Waals surface area contributed by atoms with Crippen LogP contribution in [0.25, 0.3) is 0 Å². The van der Waals surface area contributed by atoms with E-state index in [2.05, 4.69) is 14.2 Å². The number of piperidine rings is 2. The van der Waals surface area contributed by atoms with Crippen LogP contribution in [0.3, 0.4) is 0 Å². The monoisotopic (exact) mass is 586 g/mol. The molecule has 0 radical (unpaired) electrons. The Morgan fingerprint density at radius 2 is 1.17 bits per heavy atom. The van der Waals surface area contributed by atoms with Gasteiger partial charge in [-0.3, -0.25) is 14.4 Å². The van der Waals surface area contributed by atoms with Crippen molar-refractivity contribution >= 4 is 17.6 Å². The third-order valence-electron chi connectivity index (χ3n) is 7.43. The summed E-state index contributed by atoms with van der Waals surface area (Å²) in [5.41, 5.74) is 2.18. The Morgan fingerprint density at radius 1 is 0.714 bits per heavy atom. The van der Waals surface area contributed by atoms with Crippen molar-refractivity contribution in [3.8, 4) is 0 Å². The molecule has 2 aromatic carbocycles. The lowest BCUT2D eigenvalue weighted by Gasteiger charge is -2.44. The minimum absolute atomic E-state index is 0.0574. The number of amides is 2. The van der Waals surface area contributed by atoms with Crippen LogP contribution in [-0.4, -0.2) is 88.3 Å². The molecule has 10 heteroatoms. The summed E-state index contributed by atoms with van der Waals surface area (Å²) in [4.78, 5) is 38.9. The van der Waals surface area contributed by atoms with Crippen molar-refractivity contribution in [1.82, 2.24) is 9.80 Å². The van der Waals surface area contributed by atoms with Crippen LogP contribution in [-0.2, 0) is 51.2 Å². The molecule has 2 unspecified atom stereocenters. The molecular formula is C32H46N2O8. The smallest absolute Gasteiger partial charge is 0.270 e. The van der Waals surface area contributed by atoms with E-state index in [1.807, 2.05) is 79.4 Å². The van der Waals surface area contributed by atoms with Gasteiger partial charge in [0.2, 0.25) is 11.8 Å². The first-order chi connectivity index (χ1) is 20.1. The SMILES string of the molecule is CC1CC(=O)N(Cc2ccccc2)CC1=O.COC(OC)OC.COC1(OC)CN(Cc2ccccc2)C(=O)CC1C. The molecule has 4 rings (SSSR count). The van der Waals surface area contributed by atoms with Gasteiger partial charge in [-0.1, -0.05) is 74.5 Å². The lowest BCUT2D eigenvalue weighted by Crippen LogP contribution is -2.57. The topological polar surface area (TPSA) is 104 Å². The molecule has 2 fully saturated rings. The van der Waals surface area contributed by atoms with E-state index >= 15 is 0 Å². The fourth-order valence-corrected chi connectivity index (χ4v) is 4.79. The molecule has 0 bridgehead atoms. The molecule has 2 saturated heterocycles. The van der Waals surface area contributed by atoms with Gasteiger partial charge in [-0.2, -0.15) is 0 Å². The fraction of sp³-hybridized carbons (Fsp3) is 0.531. The van der Waals surface area contributed by atoms with E-state index in [-0.39, 0.29) is 36.0 Å². The highest BCUT2D eigenvalue weighted by atomic mass is 16.8. The van der Waals surface area contributed by atoms with Gasteiger partial charge in [0.1, 0.15) is 0 Å². The van der Waals surface area contributed by atoms with E-state index in [4.69, 9.17) is 9.47 Å². The number of ketones is 1. The van der Waals surface area contributed by atoms with Crippen LogP contribution in [0.2, 0.25) is 0 Å². The molecule has 0 aliphatic carbocycles. The maximum absolute atomic E-state index is 12.1. The van der Waals surface area contributed by atoms with Gasteiger partial charge in [-0.15, -0.1) is 0 Å². The minimum atomic E-state index is -0.692. The lowest BCUT2D eigenvalue weighted by molar-refractivity contribution is -0.256. The predicted octanol–water partition coefficient (Wildman–Crippen LogP) is 3.88. The zero-order valence-corrected chi connectivity index (χ0v) is 25.9. The molecule has 10 nitrogen and oxygen atoms in total. The van der Waals surface area contributed by atoms with Gasteiger partial charge in [0, 0.05) is 73.3 Å². The zero-order chi connectivity index (χ0) is 31.1. The first-order valence-electron chi connectivity index (χ1n) is 14.0. The number of rotatable bonds is 9. The lowest BCUT2D eigenvalue weighted by atomic mass is 9.91. The largest absolute Gasteiger partial charge is 0.351 e. The van der Waals surface area contributed by atoms with Gasteiger partial charge in [0.15, 0.2) is 11.6 Å². The highest BCUT2D eigenvalue weighted by molar-refractivity contribution is 5.94. The first-order valence-corrected chi connectivity index (χ1v) is 14.0. The van der Waals surface area contributed by atoms with Crippen molar-refractivity contribution in [2.75, 3.05) is 48.6 Å². The summed E-state index contributed by atoms with van der Waals surface area (Å²) >= 11 is 0. The first kappa shape index (κ1) is 35.0. The number of benzene rings is 2. The van der Waals surface area contributed by atoms with Crippen molar-refractivity contribution in [3.05, 3.63) is 71.8 Å². The van der Waals surface area contributed by atoms with Gasteiger partial charge >= 0.3 is 0 Å². The Kier molecular flexibility index (Phi) is 14.8. The molecule has 0 saturated carbocycles. The van der Waals surface area contributed by atoms with Crippen LogP contribution in [0.5, 0.6) is 0 Å². The number of hydrogen-bond donors (Lipinski definition) is 0. The van der Waals surface area contributed by atoms with Crippen molar-refractivity contribution in [1.29, 1.82) is 0 Å². The Balaban J connectivity index is 0.000000243. The fourth-order valence-electron chi connectivity index (χ4n) is 4.79. The predicted molar refractivity (Wildman–Crippen MR) is 158 cm³/mol. The second-order valence-corrected chi connectivity index (χ2v) is 10.4. The molecule has 42 heavy (non-hydrogen) atoms. The Morgan fingerprint density at radius 3 is 1.60 bits per heavy atom. The van der Waals surface area contributed by atoms with E-state index in [1.54, 1.807) is 19.1 Å². The molecule has 2 atom stereocenters. The summed E-state index contributed by atoms with van der Waals surface area (Å²) < 4.78 is 24.9. The Bertz CT molecular complexity index is 1080. The molecule has 0 N–H and O–H groups in total. The van der Waals surface area contributed by atoms with E-state index < -0.39 is 12.3 Å². The standard InChI is InChI=1S/C15H21NO3.C13H15NO2.C4H10O3/c1-12-9-14(17)16(11-15(12,18-2)19-3)10-13-7-5-4-6-8-13;1-10-7-13(16)14(9-12(10)15)8-11-5-3-2-4-6-11;1-5-4(6-2)7-3/h4-8,12H,9-11H2,1-3H3;2-6,10H,7-9H2,1H3;4H,1-3H3. The van der Waals surface area contributed by atoms with Crippen LogP contribution < -0.4 is 0 Å². The van der Waals surface area contributed by atoms with Crippen LogP contribution in [0.4, 0.5) is 0 Å². The molecule has 2 aliphatic heterocycles. The van der Waals surface area contributed by atoms with E-state index in [0.717, 1.165) is 11.1 Å². The van der Waals surface area contributed by atoms with Gasteiger partial charge in [-0.05, 0) is 11.1 Å². The summed E-state index contributed by atoms with van der Waals surface area (Å²) in [6.07, 6.45) is 0.806. The van der Waals surface area contributed by atoms with Crippen LogP contribution in [0.15, 0.2) is 60.7 Å². The van der Waals surface area contributed by atoms with Crippen molar-refractivity contribution in [3.63, 3.8) is 0 Å². The minimum Gasteiger partial charge on any atom is -0.351 e. The molecule has 2 amide bonds. The van der Waals surface area contributed by atoms with Gasteiger partial charge in [0.05, 0.1) is 13.1 Å². The van der Waals surface area contributed by atoms with E-state index in [1.165, 1.54) is 21.3 Å². The van der Waals surface area contributed by atoms with E-state index in [9.17, 15) is 14.4 Å². The molecular weight excluding hydrogens is 540 g/mol. The molecule has 0 aromatic heterocycles. The van der Waals surface area contributed by atoms with Crippen molar-refractivity contribution in [2.24, 2.45) is 11.8 Å². The Hall–Kier alpha value is -3.15. The number of hydrogen-bond acceptors (Lipinski definition) is 8. The van der Waals surface area contributed by atoms with Crippen LogP contribution in [0, 0.1) is 11.8 Å². The second-order valence-electron chi connectivity index (χ2n) is 10.4. The highest BCUT2D eigenvalue weighted by Gasteiger charge is 2.45. The summed E-state index contributed by atoms with van der Waals surface area (Å²) in [5, 5.41) is 0. The van der Waals surface area contributed by atoms with Crippen molar-refractivity contribution < 1.29 is 38.1 Å². The number of nitrogens with zero attached hydrogens (tertiary/aromatic N) is 2. The Labute approximate surface area is 249 Å². The molecule has 0 spiro atoms. The van der Waals surface area contributed by atoms with Gasteiger partial charge < -0.3 is 33.5 Å². The summed E-state index contributed by atoms with van der Waals surface area (Å²) in [6, 6.07) is 19.7. The summed E-state index contributed by atoms with van der Waals surface area (Å²) in [5.74, 6) is -0.350. The number of likely N-dealkylation sites (tertiary alicyclic amines) is 2. The molecule has 2 heterocycles. The average Bonchev–Trinajstić information content (AvgIpc) is 3.00. The van der Waals surface area contributed by atoms with Gasteiger partial charge in [-0.25, -0.2) is 0 Å². The molecule has 2 aromatic rings. The van der Waals surface area contributed by atoms with Crippen LogP contribution in [0.1, 0.15) is 37.8 Å². The number of methoxy groups -OCH3 is 5. The van der Waals surface area contributed by atoms with Gasteiger partial charge in [0.25, 0.3) is 6.48 Å². The maximum Gasteiger partial charge on any atom is 0.270 e. The third-order valence-corrected chi connectivity index (χ3v) is 7.43. The second kappa shape index (κ2) is 17.7. The third kappa shape index (κ3) is 10.3. The number of ether oxygens (including phenoxy) is 5. The molecule has 2 aliphatic rings. The van der Waals surface area contributed by atoms with E-state index in [0.29, 0.717) is 32.5 Å². The van der Waals surface area contributed by atoms with Crippen LogP contribution >= 0.6 is 0 Å². The molecule has 232 valence electrons. The normalized spacial score (nSPS) is 20.0. The average molecular weight is 587 g/mol. The number of Topliss-reactive ketones (excluding diaryl/α,β-unsaturated/α-hetero) is 1. The number of carbonyl (C=O) groups is 3. The van der Waals surface area contributed by atoms with Crippen molar-refractivity contribution in [2.45, 2.75) is 52.0 Å². The maximum atomic E-state index is 12.1. The number of carbonyl (C=O) groups excluding carboxylic acids is 3. The zero-order valence-electron chi connectivity index (χ0n) is 25.9. The summed E-state index contributed by atoms with van der Waals surface area (Å²) in [7, 11) is 7.81. The summed E-state index contributed by atoms with van der Waals surface area (Å²) in [6.45, 7) is 5.16. The quantitative estimate of drug-likeness (QED) is 0.408. The highest BCUT2D eigenvalue weighted by Crippen LogP contribution is 2.32.